The van der Waals surface area contributed by atoms with Crippen molar-refractivity contribution in [1.29, 1.82) is 0 Å². The van der Waals surface area contributed by atoms with E-state index in [0.717, 1.165) is 42.3 Å². The van der Waals surface area contributed by atoms with Gasteiger partial charge >= 0.3 is 6.61 Å². The lowest BCUT2D eigenvalue weighted by atomic mass is 10.0. The van der Waals surface area contributed by atoms with Crippen molar-refractivity contribution in [2.45, 2.75) is 64.3 Å². The minimum Gasteiger partial charge on any atom is -0.435 e. The highest BCUT2D eigenvalue weighted by molar-refractivity contribution is 5.62. The van der Waals surface area contributed by atoms with Crippen LogP contribution in [0.2, 0.25) is 0 Å². The lowest BCUT2D eigenvalue weighted by molar-refractivity contribution is -0.0498. The molecule has 0 bridgehead atoms. The zero-order valence-corrected chi connectivity index (χ0v) is 17.8. The van der Waals surface area contributed by atoms with Crippen molar-refractivity contribution in [2.24, 2.45) is 0 Å². The van der Waals surface area contributed by atoms with Gasteiger partial charge in [0.15, 0.2) is 11.6 Å². The number of benzene rings is 1. The third kappa shape index (κ3) is 3.85. The molecule has 0 spiro atoms. The van der Waals surface area contributed by atoms with Crippen LogP contribution in [0.5, 0.6) is 5.75 Å². The number of hydrogen-bond donors (Lipinski definition) is 1. The van der Waals surface area contributed by atoms with Crippen LogP contribution in [0.3, 0.4) is 0 Å². The van der Waals surface area contributed by atoms with E-state index in [0.29, 0.717) is 18.4 Å². The number of alkyl halides is 2. The Morgan fingerprint density at radius 3 is 2.69 bits per heavy atom. The molecule has 168 valence electrons. The molecule has 32 heavy (non-hydrogen) atoms. The second-order valence-electron chi connectivity index (χ2n) is 8.08. The molecule has 1 fully saturated rings. The summed E-state index contributed by atoms with van der Waals surface area (Å²) in [6.07, 6.45) is 9.23. The maximum atomic E-state index is 12.3. The van der Waals surface area contributed by atoms with Crippen LogP contribution in [0.1, 0.15) is 56.7 Å². The number of rotatable bonds is 7. The number of fused-ring (bicyclic) bond motifs is 3. The molecule has 1 aliphatic carbocycles. The Morgan fingerprint density at radius 1 is 1.19 bits per heavy atom. The van der Waals surface area contributed by atoms with Gasteiger partial charge in [-0.2, -0.15) is 8.78 Å². The summed E-state index contributed by atoms with van der Waals surface area (Å²) in [4.78, 5) is 11.9. The highest BCUT2D eigenvalue weighted by atomic mass is 19.3. The first-order valence-corrected chi connectivity index (χ1v) is 11.0. The lowest BCUT2D eigenvalue weighted by Crippen LogP contribution is -2.42. The molecule has 0 radical (unpaired) electrons. The van der Waals surface area contributed by atoms with E-state index in [1.807, 2.05) is 10.8 Å². The van der Waals surface area contributed by atoms with E-state index < -0.39 is 6.61 Å². The molecule has 1 aliphatic heterocycles. The predicted octanol–water partition coefficient (Wildman–Crippen LogP) is 4.48. The summed E-state index contributed by atoms with van der Waals surface area (Å²) in [7, 11) is 0. The predicted molar refractivity (Wildman–Crippen MR) is 115 cm³/mol. The Hall–Kier alpha value is -3.30. The van der Waals surface area contributed by atoms with Gasteiger partial charge in [0.25, 0.3) is 0 Å². The number of aromatic nitrogens is 5. The fourth-order valence-corrected chi connectivity index (χ4v) is 4.70. The van der Waals surface area contributed by atoms with E-state index in [1.54, 1.807) is 18.5 Å². The minimum atomic E-state index is -2.83. The summed E-state index contributed by atoms with van der Waals surface area (Å²) in [6, 6.07) is 6.95. The molecule has 8 nitrogen and oxygen atoms in total. The van der Waals surface area contributed by atoms with E-state index in [2.05, 4.69) is 37.1 Å². The molecular weight excluding hydrogens is 416 g/mol. The molecule has 0 saturated heterocycles. The third-order valence-electron chi connectivity index (χ3n) is 6.15. The lowest BCUT2D eigenvalue weighted by Gasteiger charge is -2.40. The van der Waals surface area contributed by atoms with Gasteiger partial charge in [0.1, 0.15) is 23.6 Å². The van der Waals surface area contributed by atoms with E-state index >= 15 is 0 Å². The molecule has 10 heteroatoms. The fourth-order valence-electron chi connectivity index (χ4n) is 4.70. The normalized spacial score (nSPS) is 18.0. The van der Waals surface area contributed by atoms with Crippen LogP contribution in [0.25, 0.3) is 5.69 Å². The maximum Gasteiger partial charge on any atom is 0.387 e. The molecule has 1 aromatic carbocycles. The second kappa shape index (κ2) is 8.68. The largest absolute Gasteiger partial charge is 0.435 e. The molecule has 2 aliphatic rings. The van der Waals surface area contributed by atoms with Crippen molar-refractivity contribution in [2.75, 3.05) is 10.2 Å². The number of nitrogens with zero attached hydrogens (tertiary/aromatic N) is 6. The summed E-state index contributed by atoms with van der Waals surface area (Å²) < 4.78 is 31.0. The van der Waals surface area contributed by atoms with E-state index in [9.17, 15) is 8.78 Å². The summed E-state index contributed by atoms with van der Waals surface area (Å²) >= 11 is 0. The van der Waals surface area contributed by atoms with Crippen LogP contribution < -0.4 is 15.0 Å². The Morgan fingerprint density at radius 2 is 1.97 bits per heavy atom. The van der Waals surface area contributed by atoms with Crippen LogP contribution in [0.15, 0.2) is 36.8 Å². The van der Waals surface area contributed by atoms with Crippen LogP contribution in [-0.2, 0) is 6.54 Å². The van der Waals surface area contributed by atoms with Crippen molar-refractivity contribution >= 4 is 11.5 Å². The van der Waals surface area contributed by atoms with Gasteiger partial charge < -0.3 is 15.0 Å². The zero-order valence-electron chi connectivity index (χ0n) is 17.8. The molecule has 1 atom stereocenters. The minimum absolute atomic E-state index is 0.123. The number of ether oxygens (including phenoxy) is 1. The van der Waals surface area contributed by atoms with Gasteiger partial charge in [0.05, 0.1) is 18.8 Å². The summed E-state index contributed by atoms with van der Waals surface area (Å²) in [5.74, 6) is 2.64. The number of nitrogens with one attached hydrogen (secondary N) is 1. The molecule has 0 amide bonds. The van der Waals surface area contributed by atoms with E-state index in [1.165, 1.54) is 25.0 Å². The molecular formula is C22H25F2N7O. The topological polar surface area (TPSA) is 81.0 Å². The Bertz CT molecular complexity index is 1070. The van der Waals surface area contributed by atoms with Crippen molar-refractivity contribution in [3.8, 4) is 11.4 Å². The summed E-state index contributed by atoms with van der Waals surface area (Å²) in [6.45, 7) is -0.257. The number of anilines is 2. The van der Waals surface area contributed by atoms with Crippen LogP contribution >= 0.6 is 0 Å². The smallest absolute Gasteiger partial charge is 0.387 e. The Labute approximate surface area is 184 Å². The van der Waals surface area contributed by atoms with E-state index in [4.69, 9.17) is 4.98 Å². The number of hydrogen-bond acceptors (Lipinski definition) is 7. The van der Waals surface area contributed by atoms with Crippen LogP contribution in [-0.4, -0.2) is 37.4 Å². The quantitative estimate of drug-likeness (QED) is 0.579. The average molecular weight is 441 g/mol. The van der Waals surface area contributed by atoms with Gasteiger partial charge in [0.2, 0.25) is 0 Å². The average Bonchev–Trinajstić information content (AvgIpc) is 3.49. The molecule has 3 heterocycles. The third-order valence-corrected chi connectivity index (χ3v) is 6.15. The number of halogens is 2. The summed E-state index contributed by atoms with van der Waals surface area (Å²) in [5.41, 5.74) is 1.67. The second-order valence-corrected chi connectivity index (χ2v) is 8.08. The molecule has 1 N–H and O–H groups in total. The first-order chi connectivity index (χ1) is 15.6. The Kier molecular flexibility index (Phi) is 5.59. The van der Waals surface area contributed by atoms with Crippen molar-refractivity contribution in [1.82, 2.24) is 24.7 Å². The van der Waals surface area contributed by atoms with Gasteiger partial charge in [-0.1, -0.05) is 19.8 Å². The Balaban J connectivity index is 1.40. The monoisotopic (exact) mass is 441 g/mol. The molecule has 1 saturated carbocycles. The van der Waals surface area contributed by atoms with Gasteiger partial charge in [-0.25, -0.2) is 9.97 Å². The van der Waals surface area contributed by atoms with Gasteiger partial charge in [0, 0.05) is 11.7 Å². The van der Waals surface area contributed by atoms with Gasteiger partial charge in [-0.05, 0) is 43.5 Å². The van der Waals surface area contributed by atoms with Crippen LogP contribution in [0.4, 0.5) is 20.3 Å². The van der Waals surface area contributed by atoms with Gasteiger partial charge in [-0.3, -0.25) is 4.57 Å². The standard InChI is InChI=1S/C22H25F2N7O/c1-2-17-21-29-27-13-30(21)18-11-26-19(28-20(18)31(17)15-5-3-4-6-15)12-25-14-7-9-16(10-8-14)32-22(23)24/h7-11,13,15,17,22,25H,2-6,12H2,1H3/t17-/m1/s1. The van der Waals surface area contributed by atoms with Crippen molar-refractivity contribution < 1.29 is 13.5 Å². The summed E-state index contributed by atoms with van der Waals surface area (Å²) in [5, 5.41) is 11.8. The van der Waals surface area contributed by atoms with Crippen molar-refractivity contribution in [3.05, 3.63) is 48.4 Å². The highest BCUT2D eigenvalue weighted by Crippen LogP contribution is 2.42. The molecule has 0 unspecified atom stereocenters. The first-order valence-electron chi connectivity index (χ1n) is 11.0. The van der Waals surface area contributed by atoms with E-state index in [-0.39, 0.29) is 11.8 Å². The molecule has 3 aromatic rings. The highest BCUT2D eigenvalue weighted by Gasteiger charge is 2.38. The van der Waals surface area contributed by atoms with Crippen LogP contribution in [0, 0.1) is 0 Å². The zero-order chi connectivity index (χ0) is 22.1. The SMILES string of the molecule is CC[C@@H]1c2nncn2-c2cnc(CNc3ccc(OC(F)F)cc3)nc2N1C1CCCC1. The first kappa shape index (κ1) is 20.6. The molecule has 5 rings (SSSR count). The maximum absolute atomic E-state index is 12.3. The fraction of sp³-hybridized carbons (Fsp3) is 0.455. The molecule has 2 aromatic heterocycles. The van der Waals surface area contributed by atoms with Crippen molar-refractivity contribution in [3.63, 3.8) is 0 Å². The van der Waals surface area contributed by atoms with Gasteiger partial charge in [-0.15, -0.1) is 10.2 Å².